The topological polar surface area (TPSA) is 40.7 Å². The van der Waals surface area contributed by atoms with Crippen LogP contribution in [0.4, 0.5) is 8.78 Å². The molecular weight excluding hydrogens is 304 g/mol. The van der Waals surface area contributed by atoms with Crippen molar-refractivity contribution in [2.45, 2.75) is 12.5 Å². The van der Waals surface area contributed by atoms with Crippen LogP contribution < -0.4 is 5.32 Å². The molecule has 2 rings (SSSR count). The van der Waals surface area contributed by atoms with E-state index >= 15 is 0 Å². The largest absolute Gasteiger partial charge is 0.347 e. The van der Waals surface area contributed by atoms with Gasteiger partial charge in [0.15, 0.2) is 0 Å². The van der Waals surface area contributed by atoms with Gasteiger partial charge in [-0.05, 0) is 35.1 Å². The Kier molecular flexibility index (Phi) is 4.08. The fourth-order valence-corrected chi connectivity index (χ4v) is 2.14. The Balaban J connectivity index is 2.30. The van der Waals surface area contributed by atoms with Gasteiger partial charge in [0.25, 0.3) is 0 Å². The van der Waals surface area contributed by atoms with Crippen LogP contribution in [-0.4, -0.2) is 17.0 Å². The Morgan fingerprint density at radius 3 is 2.83 bits per heavy atom. The summed E-state index contributed by atoms with van der Waals surface area (Å²) < 4.78 is 27.8. The van der Waals surface area contributed by atoms with Crippen molar-refractivity contribution in [3.63, 3.8) is 0 Å². The van der Waals surface area contributed by atoms with Crippen molar-refractivity contribution in [2.24, 2.45) is 0 Å². The van der Waals surface area contributed by atoms with E-state index in [1.165, 1.54) is 12.1 Å². The van der Waals surface area contributed by atoms with Gasteiger partial charge in [0.05, 0.1) is 10.5 Å². The number of aromatic amines is 1. The Labute approximate surface area is 112 Å². The molecule has 0 saturated carbocycles. The Hall–Kier alpha value is -1.27. The Morgan fingerprint density at radius 2 is 2.22 bits per heavy atom. The van der Waals surface area contributed by atoms with E-state index in [0.717, 1.165) is 0 Å². The third kappa shape index (κ3) is 2.59. The minimum atomic E-state index is -0.568. The van der Waals surface area contributed by atoms with E-state index in [9.17, 15) is 8.78 Å². The summed E-state index contributed by atoms with van der Waals surface area (Å²) in [6.45, 7) is 0. The fourth-order valence-electron chi connectivity index (χ4n) is 1.76. The van der Waals surface area contributed by atoms with Crippen LogP contribution in [0.2, 0.25) is 0 Å². The standard InChI is InChI=1S/C12H12BrF2N3/c1-16-10(12-17-4-5-18-12)6-7-9(14)3-2-8(13)11(7)15/h2-5,10,16H,6H2,1H3,(H,17,18). The summed E-state index contributed by atoms with van der Waals surface area (Å²) in [6, 6.07) is 2.34. The van der Waals surface area contributed by atoms with Crippen LogP contribution in [0, 0.1) is 11.6 Å². The maximum atomic E-state index is 13.9. The molecule has 1 atom stereocenters. The first-order chi connectivity index (χ1) is 8.63. The number of hydrogen-bond acceptors (Lipinski definition) is 2. The summed E-state index contributed by atoms with van der Waals surface area (Å²) in [7, 11) is 1.72. The normalized spacial score (nSPS) is 12.7. The van der Waals surface area contributed by atoms with E-state index in [0.29, 0.717) is 5.82 Å². The van der Waals surface area contributed by atoms with Gasteiger partial charge in [-0.3, -0.25) is 0 Å². The van der Waals surface area contributed by atoms with Crippen molar-refractivity contribution in [2.75, 3.05) is 7.05 Å². The summed E-state index contributed by atoms with van der Waals surface area (Å²) in [5.74, 6) is -0.472. The molecule has 2 aromatic rings. The molecule has 3 nitrogen and oxygen atoms in total. The molecule has 18 heavy (non-hydrogen) atoms. The molecule has 1 unspecified atom stereocenters. The second-order valence-electron chi connectivity index (χ2n) is 3.84. The number of nitrogens with zero attached hydrogens (tertiary/aromatic N) is 1. The number of H-pyrrole nitrogens is 1. The van der Waals surface area contributed by atoms with Crippen molar-refractivity contribution in [3.05, 3.63) is 52.0 Å². The number of rotatable bonds is 4. The van der Waals surface area contributed by atoms with Crippen LogP contribution in [0.15, 0.2) is 29.0 Å². The molecule has 0 saturated heterocycles. The highest BCUT2D eigenvalue weighted by Crippen LogP contribution is 2.25. The van der Waals surface area contributed by atoms with E-state index in [4.69, 9.17) is 0 Å². The average Bonchev–Trinajstić information content (AvgIpc) is 2.88. The minimum absolute atomic E-state index is 0.0418. The SMILES string of the molecule is CNC(Cc1c(F)ccc(Br)c1F)c1ncc[nH]1. The van der Waals surface area contributed by atoms with Gasteiger partial charge in [-0.15, -0.1) is 0 Å². The summed E-state index contributed by atoms with van der Waals surface area (Å²) in [5, 5.41) is 2.98. The average molecular weight is 316 g/mol. The van der Waals surface area contributed by atoms with Gasteiger partial charge < -0.3 is 10.3 Å². The number of nitrogens with one attached hydrogen (secondary N) is 2. The number of likely N-dealkylation sites (N-methyl/N-ethyl adjacent to an activating group) is 1. The molecule has 1 aromatic carbocycles. The lowest BCUT2D eigenvalue weighted by Gasteiger charge is -2.15. The highest BCUT2D eigenvalue weighted by molar-refractivity contribution is 9.10. The zero-order chi connectivity index (χ0) is 13.1. The lowest BCUT2D eigenvalue weighted by atomic mass is 10.0. The highest BCUT2D eigenvalue weighted by atomic mass is 79.9. The molecule has 0 radical (unpaired) electrons. The highest BCUT2D eigenvalue weighted by Gasteiger charge is 2.19. The third-order valence-corrected chi connectivity index (χ3v) is 3.36. The summed E-state index contributed by atoms with van der Waals surface area (Å²) in [5.41, 5.74) is 0.0418. The molecule has 0 spiro atoms. The summed E-state index contributed by atoms with van der Waals surface area (Å²) in [6.07, 6.45) is 3.46. The molecule has 1 aromatic heterocycles. The van der Waals surface area contributed by atoms with E-state index < -0.39 is 11.6 Å². The van der Waals surface area contributed by atoms with Crippen LogP contribution in [0.5, 0.6) is 0 Å². The van der Waals surface area contributed by atoms with Crippen molar-refractivity contribution < 1.29 is 8.78 Å². The van der Waals surface area contributed by atoms with Crippen molar-refractivity contribution in [1.82, 2.24) is 15.3 Å². The van der Waals surface area contributed by atoms with Crippen LogP contribution in [0.25, 0.3) is 0 Å². The quantitative estimate of drug-likeness (QED) is 0.852. The lowest BCUT2D eigenvalue weighted by Crippen LogP contribution is -2.21. The summed E-state index contributed by atoms with van der Waals surface area (Å²) in [4.78, 5) is 7.02. The zero-order valence-electron chi connectivity index (χ0n) is 9.67. The van der Waals surface area contributed by atoms with Gasteiger partial charge in [0.2, 0.25) is 0 Å². The smallest absolute Gasteiger partial charge is 0.143 e. The molecule has 0 bridgehead atoms. The maximum Gasteiger partial charge on any atom is 0.143 e. The molecule has 0 aliphatic rings. The van der Waals surface area contributed by atoms with E-state index in [2.05, 4.69) is 31.2 Å². The maximum absolute atomic E-state index is 13.9. The second-order valence-corrected chi connectivity index (χ2v) is 4.70. The molecule has 0 aliphatic carbocycles. The number of benzene rings is 1. The first-order valence-corrected chi connectivity index (χ1v) is 6.21. The van der Waals surface area contributed by atoms with Gasteiger partial charge >= 0.3 is 0 Å². The van der Waals surface area contributed by atoms with Gasteiger partial charge in [-0.1, -0.05) is 0 Å². The first-order valence-electron chi connectivity index (χ1n) is 5.42. The molecule has 6 heteroatoms. The predicted molar refractivity (Wildman–Crippen MR) is 68.2 cm³/mol. The lowest BCUT2D eigenvalue weighted by molar-refractivity contribution is 0.502. The van der Waals surface area contributed by atoms with Crippen LogP contribution in [0.1, 0.15) is 17.4 Å². The van der Waals surface area contributed by atoms with E-state index in [1.807, 2.05) is 0 Å². The molecule has 0 amide bonds. The summed E-state index contributed by atoms with van der Waals surface area (Å²) >= 11 is 3.06. The molecular formula is C12H12BrF2N3. The second kappa shape index (κ2) is 5.58. The molecule has 2 N–H and O–H groups in total. The predicted octanol–water partition coefficient (Wildman–Crippen LogP) is 2.95. The van der Waals surface area contributed by atoms with E-state index in [1.54, 1.807) is 19.4 Å². The molecule has 96 valence electrons. The minimum Gasteiger partial charge on any atom is -0.347 e. The number of hydrogen-bond donors (Lipinski definition) is 2. The number of imidazole rings is 1. The Bertz CT molecular complexity index is 528. The van der Waals surface area contributed by atoms with Crippen molar-refractivity contribution >= 4 is 15.9 Å². The van der Waals surface area contributed by atoms with Crippen LogP contribution in [-0.2, 0) is 6.42 Å². The van der Waals surface area contributed by atoms with E-state index in [-0.39, 0.29) is 22.5 Å². The molecule has 0 fully saturated rings. The van der Waals surface area contributed by atoms with Gasteiger partial charge in [-0.2, -0.15) is 0 Å². The van der Waals surface area contributed by atoms with Gasteiger partial charge in [0.1, 0.15) is 17.5 Å². The third-order valence-electron chi connectivity index (χ3n) is 2.75. The monoisotopic (exact) mass is 315 g/mol. The fraction of sp³-hybridized carbons (Fsp3) is 0.250. The van der Waals surface area contributed by atoms with Gasteiger partial charge in [0, 0.05) is 24.4 Å². The van der Waals surface area contributed by atoms with Crippen LogP contribution in [0.3, 0.4) is 0 Å². The number of halogens is 3. The Morgan fingerprint density at radius 1 is 1.44 bits per heavy atom. The van der Waals surface area contributed by atoms with Crippen molar-refractivity contribution in [3.8, 4) is 0 Å². The molecule has 1 heterocycles. The van der Waals surface area contributed by atoms with Gasteiger partial charge in [-0.25, -0.2) is 13.8 Å². The molecule has 0 aliphatic heterocycles. The zero-order valence-corrected chi connectivity index (χ0v) is 11.3. The van der Waals surface area contributed by atoms with Crippen LogP contribution >= 0.6 is 15.9 Å². The van der Waals surface area contributed by atoms with Crippen molar-refractivity contribution in [1.29, 1.82) is 0 Å². The first kappa shape index (κ1) is 13.2. The number of aromatic nitrogens is 2.